The van der Waals surface area contributed by atoms with Crippen LogP contribution in [-0.4, -0.2) is 62.9 Å². The Labute approximate surface area is 229 Å². The fraction of sp³-hybridized carbons (Fsp3) is 0.200. The molecule has 15 heteroatoms. The minimum Gasteiger partial charge on any atom is -0.481 e. The van der Waals surface area contributed by atoms with E-state index in [9.17, 15) is 13.2 Å². The van der Waals surface area contributed by atoms with E-state index in [0.717, 1.165) is 23.5 Å². The van der Waals surface area contributed by atoms with Crippen LogP contribution in [0.4, 0.5) is 11.5 Å². The normalized spacial score (nSPS) is 11.4. The van der Waals surface area contributed by atoms with Gasteiger partial charge in [0.1, 0.15) is 5.56 Å². The molecule has 5 rings (SSSR count). The third kappa shape index (κ3) is 5.13. The number of aromatic nitrogens is 7. The number of methoxy groups -OCH3 is 2. The Kier molecular flexibility index (Phi) is 7.04. The lowest BCUT2D eigenvalue weighted by Crippen LogP contribution is -2.15. The molecule has 0 atom stereocenters. The van der Waals surface area contributed by atoms with Crippen molar-refractivity contribution in [2.24, 2.45) is 0 Å². The molecule has 14 nitrogen and oxygen atoms in total. The summed E-state index contributed by atoms with van der Waals surface area (Å²) in [7, 11) is -1.27. The molecule has 0 unspecified atom stereocenters. The molecule has 0 aliphatic carbocycles. The van der Waals surface area contributed by atoms with Gasteiger partial charge in [-0.15, -0.1) is 0 Å². The molecule has 5 aromatic rings. The summed E-state index contributed by atoms with van der Waals surface area (Å²) in [4.78, 5) is 25.3. The zero-order chi connectivity index (χ0) is 28.4. The number of sulfonamides is 1. The van der Waals surface area contributed by atoms with Gasteiger partial charge in [-0.1, -0.05) is 0 Å². The maximum atomic E-state index is 13.1. The number of aryl methyl sites for hydroxylation is 2. The van der Waals surface area contributed by atoms with Crippen molar-refractivity contribution in [3.63, 3.8) is 0 Å². The van der Waals surface area contributed by atoms with Crippen LogP contribution >= 0.6 is 0 Å². The average molecular weight is 564 g/mol. The quantitative estimate of drug-likeness (QED) is 0.272. The molecule has 0 spiro atoms. The molecule has 1 aromatic carbocycles. The van der Waals surface area contributed by atoms with Crippen LogP contribution in [0.5, 0.6) is 11.9 Å². The van der Waals surface area contributed by atoms with Gasteiger partial charge < -0.3 is 14.8 Å². The molecule has 40 heavy (non-hydrogen) atoms. The third-order valence-corrected chi connectivity index (χ3v) is 7.30. The lowest BCUT2D eigenvalue weighted by Gasteiger charge is -2.10. The first-order chi connectivity index (χ1) is 19.2. The summed E-state index contributed by atoms with van der Waals surface area (Å²) in [6.45, 7) is 4.63. The molecule has 0 aliphatic heterocycles. The number of nitrogens with one attached hydrogen (secondary N) is 2. The highest BCUT2D eigenvalue weighted by atomic mass is 32.2. The molecule has 4 aromatic heterocycles. The predicted molar refractivity (Wildman–Crippen MR) is 145 cm³/mol. The minimum atomic E-state index is -4.01. The van der Waals surface area contributed by atoms with E-state index in [1.165, 1.54) is 50.7 Å². The molecule has 0 fully saturated rings. The van der Waals surface area contributed by atoms with Crippen LogP contribution in [0.1, 0.15) is 23.0 Å². The Morgan fingerprint density at radius 3 is 2.52 bits per heavy atom. The zero-order valence-corrected chi connectivity index (χ0v) is 22.8. The SMILES string of the molecule is CCn1cc(-c2ccnc3c(C(=O)Nc4ccc(S(=O)(=O)Nc5cc(OC)nc(OC)n5)cc4)cnn23)c(C)n1. The Morgan fingerprint density at radius 2 is 1.85 bits per heavy atom. The molecular weight excluding hydrogens is 538 g/mol. The summed E-state index contributed by atoms with van der Waals surface area (Å²) >= 11 is 0. The van der Waals surface area contributed by atoms with E-state index in [2.05, 4.69) is 35.2 Å². The van der Waals surface area contributed by atoms with Crippen molar-refractivity contribution >= 4 is 33.1 Å². The Balaban J connectivity index is 1.35. The van der Waals surface area contributed by atoms with E-state index >= 15 is 0 Å². The smallest absolute Gasteiger partial charge is 0.321 e. The number of carbonyl (C=O) groups excluding carboxylic acids is 1. The average Bonchev–Trinajstić information content (AvgIpc) is 3.56. The van der Waals surface area contributed by atoms with Crippen LogP contribution in [0.25, 0.3) is 16.9 Å². The summed E-state index contributed by atoms with van der Waals surface area (Å²) in [5, 5.41) is 11.6. The number of rotatable bonds is 9. The van der Waals surface area contributed by atoms with Gasteiger partial charge in [0.15, 0.2) is 11.5 Å². The van der Waals surface area contributed by atoms with Crippen molar-refractivity contribution in [3.8, 4) is 23.1 Å². The number of anilines is 2. The van der Waals surface area contributed by atoms with Crippen LogP contribution in [-0.2, 0) is 16.6 Å². The van der Waals surface area contributed by atoms with Crippen molar-refractivity contribution in [1.29, 1.82) is 0 Å². The van der Waals surface area contributed by atoms with E-state index in [4.69, 9.17) is 9.47 Å². The van der Waals surface area contributed by atoms with Crippen molar-refractivity contribution in [2.45, 2.75) is 25.3 Å². The number of hydrogen-bond acceptors (Lipinski definition) is 10. The molecule has 0 radical (unpaired) electrons. The maximum Gasteiger partial charge on any atom is 0.321 e. The van der Waals surface area contributed by atoms with Gasteiger partial charge in [0.25, 0.3) is 15.9 Å². The van der Waals surface area contributed by atoms with Gasteiger partial charge in [0, 0.05) is 36.3 Å². The molecule has 206 valence electrons. The summed E-state index contributed by atoms with van der Waals surface area (Å²) in [5.74, 6) is -0.351. The topological polar surface area (TPSA) is 168 Å². The van der Waals surface area contributed by atoms with Crippen molar-refractivity contribution in [3.05, 3.63) is 66.2 Å². The fourth-order valence-electron chi connectivity index (χ4n) is 3.95. The molecule has 2 N–H and O–H groups in total. The first kappa shape index (κ1) is 26.6. The van der Waals surface area contributed by atoms with Crippen molar-refractivity contribution in [2.75, 3.05) is 24.3 Å². The second-order valence-electron chi connectivity index (χ2n) is 8.47. The highest BCUT2D eigenvalue weighted by Gasteiger charge is 2.20. The van der Waals surface area contributed by atoms with E-state index in [-0.39, 0.29) is 28.2 Å². The minimum absolute atomic E-state index is 0.0294. The maximum absolute atomic E-state index is 13.1. The molecule has 0 aliphatic rings. The van der Waals surface area contributed by atoms with Crippen LogP contribution in [0.15, 0.2) is 59.9 Å². The highest BCUT2D eigenvalue weighted by molar-refractivity contribution is 7.92. The first-order valence-electron chi connectivity index (χ1n) is 12.0. The standard InChI is InChI=1S/C25H25N9O5S/c1-5-33-14-19(15(2)31-33)20-10-11-26-23-18(13-27-34(20)23)24(35)28-16-6-8-17(9-7-16)40(36,37)32-21-12-22(38-3)30-25(29-21)39-4/h6-14H,5H2,1-4H3,(H,28,35)(H,29,30,32). The Hall–Kier alpha value is -5.05. The van der Waals surface area contributed by atoms with Crippen LogP contribution in [0, 0.1) is 6.92 Å². The van der Waals surface area contributed by atoms with Crippen molar-refractivity contribution < 1.29 is 22.7 Å². The fourth-order valence-corrected chi connectivity index (χ4v) is 4.94. The van der Waals surface area contributed by atoms with Gasteiger partial charge in [0.2, 0.25) is 5.88 Å². The highest BCUT2D eigenvalue weighted by Crippen LogP contribution is 2.25. The number of nitrogens with zero attached hydrogens (tertiary/aromatic N) is 7. The van der Waals surface area contributed by atoms with Gasteiger partial charge >= 0.3 is 6.01 Å². The number of hydrogen-bond donors (Lipinski definition) is 2. The number of benzene rings is 1. The van der Waals surface area contributed by atoms with Gasteiger partial charge in [-0.05, 0) is 44.2 Å². The summed E-state index contributed by atoms with van der Waals surface area (Å²) < 4.78 is 41.6. The molecule has 0 bridgehead atoms. The largest absolute Gasteiger partial charge is 0.481 e. The Morgan fingerprint density at radius 1 is 1.07 bits per heavy atom. The third-order valence-electron chi connectivity index (χ3n) is 5.93. The number of ether oxygens (including phenoxy) is 2. The van der Waals surface area contributed by atoms with Gasteiger partial charge in [-0.3, -0.25) is 14.2 Å². The number of amides is 1. The first-order valence-corrected chi connectivity index (χ1v) is 13.5. The van der Waals surface area contributed by atoms with Crippen molar-refractivity contribution in [1.82, 2.24) is 34.3 Å². The van der Waals surface area contributed by atoms with E-state index in [0.29, 0.717) is 11.3 Å². The lowest BCUT2D eigenvalue weighted by atomic mass is 10.2. The molecule has 4 heterocycles. The van der Waals surface area contributed by atoms with E-state index < -0.39 is 15.9 Å². The summed E-state index contributed by atoms with van der Waals surface area (Å²) in [5.41, 5.74) is 3.48. The Bertz CT molecular complexity index is 1790. The molecular formula is C25H25N9O5S. The molecule has 1 amide bonds. The number of fused-ring (bicyclic) bond motifs is 1. The monoisotopic (exact) mass is 563 g/mol. The van der Waals surface area contributed by atoms with E-state index in [1.54, 1.807) is 10.7 Å². The summed E-state index contributed by atoms with van der Waals surface area (Å²) in [6, 6.07) is 8.73. The number of carbonyl (C=O) groups is 1. The van der Waals surface area contributed by atoms with Crippen LogP contribution < -0.4 is 19.5 Å². The van der Waals surface area contributed by atoms with Gasteiger partial charge in [-0.25, -0.2) is 17.9 Å². The van der Waals surface area contributed by atoms with Crippen LogP contribution in [0.2, 0.25) is 0 Å². The zero-order valence-electron chi connectivity index (χ0n) is 22.0. The van der Waals surface area contributed by atoms with Gasteiger partial charge in [0.05, 0.1) is 36.7 Å². The second-order valence-corrected chi connectivity index (χ2v) is 10.2. The lowest BCUT2D eigenvalue weighted by molar-refractivity contribution is 0.102. The van der Waals surface area contributed by atoms with Crippen LogP contribution in [0.3, 0.4) is 0 Å². The van der Waals surface area contributed by atoms with Gasteiger partial charge in [-0.2, -0.15) is 20.2 Å². The van der Waals surface area contributed by atoms with E-state index in [1.807, 2.05) is 30.8 Å². The summed E-state index contributed by atoms with van der Waals surface area (Å²) in [6.07, 6.45) is 4.98. The molecule has 0 saturated heterocycles. The molecule has 0 saturated carbocycles. The second kappa shape index (κ2) is 10.6. The predicted octanol–water partition coefficient (Wildman–Crippen LogP) is 2.78.